The topological polar surface area (TPSA) is 90.0 Å². The summed E-state index contributed by atoms with van der Waals surface area (Å²) in [4.78, 5) is -0.101. The number of benzene rings is 1. The van der Waals surface area contributed by atoms with Crippen LogP contribution in [0, 0.1) is 0 Å². The van der Waals surface area contributed by atoms with Crippen LogP contribution in [0.5, 0.6) is 0 Å². The Balaban J connectivity index is 2.40. The van der Waals surface area contributed by atoms with Gasteiger partial charge in [-0.15, -0.1) is 0 Å². The molecule has 0 saturated carbocycles. The van der Waals surface area contributed by atoms with Crippen LogP contribution >= 0.6 is 23.2 Å². The number of aromatic nitrogens is 2. The normalized spacial score (nSPS) is 11.6. The van der Waals surface area contributed by atoms with Gasteiger partial charge < -0.3 is 5.73 Å². The van der Waals surface area contributed by atoms with Gasteiger partial charge in [0.2, 0.25) is 0 Å². The lowest BCUT2D eigenvalue weighted by atomic mass is 10.3. The minimum atomic E-state index is -3.87. The molecule has 0 spiro atoms. The fraction of sp³-hybridized carbons (Fsp3) is 0.182. The minimum Gasteiger partial charge on any atom is -0.381 e. The monoisotopic (exact) mass is 334 g/mol. The lowest BCUT2D eigenvalue weighted by Gasteiger charge is -2.09. The molecule has 0 aliphatic carbocycles. The number of sulfonamides is 1. The summed E-state index contributed by atoms with van der Waals surface area (Å²) in [5.74, 6) is -0.0718. The van der Waals surface area contributed by atoms with Crippen LogP contribution < -0.4 is 10.5 Å². The van der Waals surface area contributed by atoms with Crippen LogP contribution in [0.4, 0.5) is 11.5 Å². The number of anilines is 2. The Kier molecular flexibility index (Phi) is 4.12. The lowest BCUT2D eigenvalue weighted by molar-refractivity contribution is 0.600. The van der Waals surface area contributed by atoms with E-state index in [4.69, 9.17) is 28.9 Å². The molecular weight excluding hydrogens is 323 g/mol. The molecule has 0 bridgehead atoms. The van der Waals surface area contributed by atoms with Crippen LogP contribution in [-0.2, 0) is 16.6 Å². The summed E-state index contributed by atoms with van der Waals surface area (Å²) < 4.78 is 28.3. The van der Waals surface area contributed by atoms with Crippen molar-refractivity contribution in [3.8, 4) is 0 Å². The molecule has 0 unspecified atom stereocenters. The van der Waals surface area contributed by atoms with Gasteiger partial charge in [-0.2, -0.15) is 5.10 Å². The third kappa shape index (κ3) is 2.84. The quantitative estimate of drug-likeness (QED) is 0.899. The van der Waals surface area contributed by atoms with Crippen molar-refractivity contribution in [3.63, 3.8) is 0 Å². The van der Waals surface area contributed by atoms with Crippen LogP contribution in [0.3, 0.4) is 0 Å². The maximum Gasteiger partial charge on any atom is 0.267 e. The Bertz CT molecular complexity index is 743. The summed E-state index contributed by atoms with van der Waals surface area (Å²) >= 11 is 11.8. The van der Waals surface area contributed by atoms with Gasteiger partial charge >= 0.3 is 0 Å². The predicted octanol–water partition coefficient (Wildman–Crippen LogP) is 2.59. The Morgan fingerprint density at radius 3 is 2.70 bits per heavy atom. The zero-order valence-corrected chi connectivity index (χ0v) is 12.8. The molecule has 0 aliphatic rings. The molecule has 9 heteroatoms. The number of aryl methyl sites for hydroxylation is 1. The third-order valence-electron chi connectivity index (χ3n) is 2.56. The van der Waals surface area contributed by atoms with E-state index in [1.54, 1.807) is 12.1 Å². The summed E-state index contributed by atoms with van der Waals surface area (Å²) in [5.41, 5.74) is 5.80. The van der Waals surface area contributed by atoms with E-state index in [2.05, 4.69) is 9.82 Å². The van der Waals surface area contributed by atoms with Crippen molar-refractivity contribution in [3.05, 3.63) is 34.4 Å². The molecule has 0 saturated heterocycles. The molecule has 0 radical (unpaired) electrons. The van der Waals surface area contributed by atoms with Gasteiger partial charge in [-0.3, -0.25) is 9.40 Å². The molecule has 1 heterocycles. The van der Waals surface area contributed by atoms with Gasteiger partial charge in [0.05, 0.1) is 15.7 Å². The highest BCUT2D eigenvalue weighted by Gasteiger charge is 2.22. The number of nitrogens with zero attached hydrogens (tertiary/aromatic N) is 2. The number of hydrogen-bond donors (Lipinski definition) is 2. The highest BCUT2D eigenvalue weighted by Crippen LogP contribution is 2.31. The Morgan fingerprint density at radius 2 is 2.10 bits per heavy atom. The van der Waals surface area contributed by atoms with Crippen LogP contribution in [0.2, 0.25) is 10.0 Å². The third-order valence-corrected chi connectivity index (χ3v) is 4.77. The number of hydrogen-bond acceptors (Lipinski definition) is 4. The lowest BCUT2D eigenvalue weighted by Crippen LogP contribution is -2.14. The molecule has 0 aliphatic heterocycles. The minimum absolute atomic E-state index is 0.0718. The number of nitrogens with two attached hydrogens (primary N) is 1. The second-order valence-corrected chi connectivity index (χ2v) is 6.38. The van der Waals surface area contributed by atoms with Gasteiger partial charge in [0.25, 0.3) is 10.0 Å². The van der Waals surface area contributed by atoms with Crippen LogP contribution in [-0.4, -0.2) is 18.2 Å². The highest BCUT2D eigenvalue weighted by atomic mass is 35.5. The van der Waals surface area contributed by atoms with E-state index in [0.717, 1.165) is 0 Å². The fourth-order valence-corrected chi connectivity index (χ4v) is 3.12. The first-order chi connectivity index (χ1) is 9.35. The zero-order chi connectivity index (χ0) is 14.9. The molecule has 20 heavy (non-hydrogen) atoms. The van der Waals surface area contributed by atoms with Gasteiger partial charge in [0, 0.05) is 12.7 Å². The van der Waals surface area contributed by atoms with Crippen LogP contribution in [0.1, 0.15) is 6.92 Å². The molecule has 108 valence electrons. The molecule has 3 N–H and O–H groups in total. The van der Waals surface area contributed by atoms with E-state index in [1.807, 2.05) is 6.92 Å². The van der Waals surface area contributed by atoms with Gasteiger partial charge in [-0.1, -0.05) is 29.3 Å². The standard InChI is InChI=1S/C11H12Cl2N4O2S/c1-2-17-6-9(11(14)15-17)20(18,19)16-8-5-3-4-7(12)10(8)13/h3-6,16H,2H2,1H3,(H2,14,15). The first-order valence-electron chi connectivity index (χ1n) is 5.65. The number of nitrogens with one attached hydrogen (secondary N) is 1. The van der Waals surface area contributed by atoms with Gasteiger partial charge in [-0.25, -0.2) is 8.42 Å². The van der Waals surface area contributed by atoms with E-state index in [1.165, 1.54) is 16.9 Å². The van der Waals surface area contributed by atoms with E-state index in [9.17, 15) is 8.42 Å². The predicted molar refractivity (Wildman–Crippen MR) is 79.6 cm³/mol. The zero-order valence-electron chi connectivity index (χ0n) is 10.5. The summed E-state index contributed by atoms with van der Waals surface area (Å²) in [7, 11) is -3.87. The van der Waals surface area contributed by atoms with E-state index in [-0.39, 0.29) is 26.4 Å². The first-order valence-corrected chi connectivity index (χ1v) is 7.89. The average Bonchev–Trinajstić information content (AvgIpc) is 2.77. The van der Waals surface area contributed by atoms with Crippen molar-refractivity contribution in [1.29, 1.82) is 0 Å². The maximum atomic E-state index is 12.3. The molecule has 0 amide bonds. The molecule has 2 rings (SSSR count). The van der Waals surface area contributed by atoms with Crippen molar-refractivity contribution in [2.24, 2.45) is 0 Å². The maximum absolute atomic E-state index is 12.3. The van der Waals surface area contributed by atoms with Gasteiger partial charge in [-0.05, 0) is 19.1 Å². The Hall–Kier alpha value is -1.44. The molecular formula is C11H12Cl2N4O2S. The molecule has 1 aromatic heterocycles. The Morgan fingerprint density at radius 1 is 1.40 bits per heavy atom. The van der Waals surface area contributed by atoms with E-state index >= 15 is 0 Å². The summed E-state index contributed by atoms with van der Waals surface area (Å²) in [6.07, 6.45) is 1.36. The van der Waals surface area contributed by atoms with Crippen molar-refractivity contribution < 1.29 is 8.42 Å². The molecule has 0 atom stereocenters. The molecule has 6 nitrogen and oxygen atoms in total. The molecule has 0 fully saturated rings. The van der Waals surface area contributed by atoms with Gasteiger partial charge in [0.1, 0.15) is 4.90 Å². The molecule has 1 aromatic carbocycles. The van der Waals surface area contributed by atoms with Gasteiger partial charge in [0.15, 0.2) is 5.82 Å². The van der Waals surface area contributed by atoms with E-state index < -0.39 is 10.0 Å². The van der Waals surface area contributed by atoms with Crippen molar-refractivity contribution >= 4 is 44.7 Å². The molecule has 2 aromatic rings. The first kappa shape index (κ1) is 15.0. The number of halogens is 2. The van der Waals surface area contributed by atoms with Crippen molar-refractivity contribution in [2.75, 3.05) is 10.5 Å². The Labute approximate surface area is 126 Å². The average molecular weight is 335 g/mol. The van der Waals surface area contributed by atoms with Crippen LogP contribution in [0.15, 0.2) is 29.3 Å². The summed E-state index contributed by atoms with van der Waals surface area (Å²) in [5, 5.41) is 4.27. The second-order valence-electron chi connectivity index (χ2n) is 3.94. The van der Waals surface area contributed by atoms with Crippen molar-refractivity contribution in [2.45, 2.75) is 18.4 Å². The van der Waals surface area contributed by atoms with E-state index in [0.29, 0.717) is 6.54 Å². The largest absolute Gasteiger partial charge is 0.381 e. The highest BCUT2D eigenvalue weighted by molar-refractivity contribution is 7.92. The smallest absolute Gasteiger partial charge is 0.267 e. The second kappa shape index (κ2) is 5.51. The fourth-order valence-electron chi connectivity index (χ4n) is 1.57. The number of nitrogen functional groups attached to an aromatic ring is 1. The van der Waals surface area contributed by atoms with Crippen molar-refractivity contribution in [1.82, 2.24) is 9.78 Å². The SMILES string of the molecule is CCn1cc(S(=O)(=O)Nc2cccc(Cl)c2Cl)c(N)n1. The summed E-state index contributed by atoms with van der Waals surface area (Å²) in [6, 6.07) is 4.66. The van der Waals surface area contributed by atoms with Crippen LogP contribution in [0.25, 0.3) is 0 Å². The number of rotatable bonds is 4. The summed E-state index contributed by atoms with van der Waals surface area (Å²) in [6.45, 7) is 2.34.